The Bertz CT molecular complexity index is 448. The van der Waals surface area contributed by atoms with Crippen LogP contribution in [0.1, 0.15) is 41.5 Å². The number of hydrogen-bond acceptors (Lipinski definition) is 0. The highest BCUT2D eigenvalue weighted by molar-refractivity contribution is 5.68. The van der Waals surface area contributed by atoms with E-state index in [-0.39, 0.29) is 5.41 Å². The first kappa shape index (κ1) is 17.4. The Labute approximate surface area is 119 Å². The molecule has 0 spiro atoms. The molecular formula is C19H28. The van der Waals surface area contributed by atoms with Crippen molar-refractivity contribution in [3.63, 3.8) is 0 Å². The first-order valence-corrected chi connectivity index (χ1v) is 7.04. The zero-order valence-corrected chi connectivity index (χ0v) is 13.4. The summed E-state index contributed by atoms with van der Waals surface area (Å²) in [7, 11) is 0. The van der Waals surface area contributed by atoms with Crippen molar-refractivity contribution in [1.82, 2.24) is 0 Å². The molecule has 1 rings (SSSR count). The lowest BCUT2D eigenvalue weighted by Crippen LogP contribution is -2.12. The van der Waals surface area contributed by atoms with Gasteiger partial charge in [0.2, 0.25) is 0 Å². The Balaban J connectivity index is 0.00000154. The van der Waals surface area contributed by atoms with E-state index in [1.54, 1.807) is 0 Å². The summed E-state index contributed by atoms with van der Waals surface area (Å²) in [5.74, 6) is 0. The Morgan fingerprint density at radius 1 is 1.05 bits per heavy atom. The summed E-state index contributed by atoms with van der Waals surface area (Å²) in [4.78, 5) is 0. The average Bonchev–Trinajstić information content (AvgIpc) is 2.59. The maximum atomic E-state index is 3.96. The maximum Gasteiger partial charge on any atom is 0.0155 e. The topological polar surface area (TPSA) is 0 Å². The molecule has 19 heavy (non-hydrogen) atoms. The van der Waals surface area contributed by atoms with Crippen molar-refractivity contribution in [1.29, 1.82) is 0 Å². The lowest BCUT2D eigenvalue weighted by Gasteiger charge is -2.23. The first-order valence-electron chi connectivity index (χ1n) is 7.04. The van der Waals surface area contributed by atoms with Gasteiger partial charge in [-0.1, -0.05) is 77.3 Å². The second-order valence-corrected chi connectivity index (χ2v) is 4.67. The number of hydrogen-bond donors (Lipinski definition) is 0. The van der Waals surface area contributed by atoms with Crippen LogP contribution in [-0.2, 0) is 0 Å². The van der Waals surface area contributed by atoms with Crippen LogP contribution in [0.3, 0.4) is 0 Å². The van der Waals surface area contributed by atoms with E-state index in [1.807, 2.05) is 32.9 Å². The molecule has 0 saturated carbocycles. The third-order valence-corrected chi connectivity index (χ3v) is 3.33. The molecule has 0 aliphatic heterocycles. The lowest BCUT2D eigenvalue weighted by molar-refractivity contribution is 0.578. The van der Waals surface area contributed by atoms with Gasteiger partial charge in [-0.05, 0) is 36.1 Å². The van der Waals surface area contributed by atoms with Gasteiger partial charge < -0.3 is 0 Å². The van der Waals surface area contributed by atoms with Crippen molar-refractivity contribution in [2.75, 3.05) is 0 Å². The summed E-state index contributed by atoms with van der Waals surface area (Å²) in [5.41, 5.74) is 5.19. The molecule has 1 aliphatic carbocycles. The van der Waals surface area contributed by atoms with E-state index in [9.17, 15) is 0 Å². The molecule has 0 aromatic heterocycles. The van der Waals surface area contributed by atoms with Crippen LogP contribution >= 0.6 is 0 Å². The van der Waals surface area contributed by atoms with E-state index in [1.165, 1.54) is 22.3 Å². The predicted octanol–water partition coefficient (Wildman–Crippen LogP) is 6.17. The van der Waals surface area contributed by atoms with Gasteiger partial charge in [0.25, 0.3) is 0 Å². The zero-order chi connectivity index (χ0) is 15.1. The Kier molecular flexibility index (Phi) is 7.14. The van der Waals surface area contributed by atoms with Crippen LogP contribution in [0.5, 0.6) is 0 Å². The molecule has 104 valence electrons. The number of allylic oxidation sites excluding steroid dienone is 10. The van der Waals surface area contributed by atoms with Crippen LogP contribution < -0.4 is 0 Å². The molecule has 0 radical (unpaired) electrons. The summed E-state index contributed by atoms with van der Waals surface area (Å²) >= 11 is 0. The first-order chi connectivity index (χ1) is 9.04. The molecule has 0 aromatic carbocycles. The fourth-order valence-corrected chi connectivity index (χ4v) is 2.63. The minimum atomic E-state index is 0.0280. The second-order valence-electron chi connectivity index (χ2n) is 4.67. The van der Waals surface area contributed by atoms with E-state index in [4.69, 9.17) is 0 Å². The van der Waals surface area contributed by atoms with Crippen LogP contribution in [0.2, 0.25) is 0 Å². The summed E-state index contributed by atoms with van der Waals surface area (Å²) in [6, 6.07) is 0. The van der Waals surface area contributed by atoms with E-state index in [0.717, 1.165) is 0 Å². The highest BCUT2D eigenvalue weighted by Gasteiger charge is 2.37. The smallest absolute Gasteiger partial charge is 0.0155 e. The van der Waals surface area contributed by atoms with Crippen LogP contribution in [0.15, 0.2) is 71.9 Å². The van der Waals surface area contributed by atoms with E-state index in [2.05, 4.69) is 58.2 Å². The average molecular weight is 256 g/mol. The van der Waals surface area contributed by atoms with Gasteiger partial charge in [-0.25, -0.2) is 0 Å². The highest BCUT2D eigenvalue weighted by Crippen LogP contribution is 2.50. The van der Waals surface area contributed by atoms with Crippen LogP contribution in [0.4, 0.5) is 0 Å². The largest absolute Gasteiger partial charge is 0.0990 e. The van der Waals surface area contributed by atoms with E-state index < -0.39 is 0 Å². The minimum absolute atomic E-state index is 0.0280. The van der Waals surface area contributed by atoms with Gasteiger partial charge in [-0.3, -0.25) is 0 Å². The van der Waals surface area contributed by atoms with Crippen molar-refractivity contribution < 1.29 is 0 Å². The molecule has 0 heterocycles. The fraction of sp³-hybridized carbons (Fsp3) is 0.368. The van der Waals surface area contributed by atoms with E-state index in [0.29, 0.717) is 0 Å². The molecular weight excluding hydrogens is 228 g/mol. The fourth-order valence-electron chi connectivity index (χ4n) is 2.63. The van der Waals surface area contributed by atoms with Crippen LogP contribution in [-0.4, -0.2) is 0 Å². The van der Waals surface area contributed by atoms with E-state index >= 15 is 0 Å². The third-order valence-electron chi connectivity index (χ3n) is 3.33. The Hall–Kier alpha value is -1.56. The monoisotopic (exact) mass is 256 g/mol. The quantitative estimate of drug-likeness (QED) is 0.566. The molecule has 0 nitrogen and oxygen atoms in total. The SMILES string of the molecule is C=C/C=C1/C(/C=C\C)=C(C=C)C(C)(C)/C1=C/C.CC. The molecule has 0 amide bonds. The summed E-state index contributed by atoms with van der Waals surface area (Å²) in [6.07, 6.45) is 12.3. The Morgan fingerprint density at radius 2 is 1.63 bits per heavy atom. The molecule has 0 fully saturated rings. The van der Waals surface area contributed by atoms with Crippen molar-refractivity contribution in [2.45, 2.75) is 41.5 Å². The van der Waals surface area contributed by atoms with Gasteiger partial charge in [-0.15, -0.1) is 0 Å². The maximum absolute atomic E-state index is 3.96. The van der Waals surface area contributed by atoms with Crippen LogP contribution in [0, 0.1) is 5.41 Å². The van der Waals surface area contributed by atoms with Gasteiger partial charge in [0.05, 0.1) is 0 Å². The molecule has 0 bridgehead atoms. The minimum Gasteiger partial charge on any atom is -0.0990 e. The Morgan fingerprint density at radius 3 is 2.00 bits per heavy atom. The zero-order valence-electron chi connectivity index (χ0n) is 13.4. The third kappa shape index (κ3) is 3.26. The summed E-state index contributed by atoms with van der Waals surface area (Å²) in [6.45, 7) is 20.4. The second kappa shape index (κ2) is 7.78. The van der Waals surface area contributed by atoms with Gasteiger partial charge in [0.1, 0.15) is 0 Å². The van der Waals surface area contributed by atoms with Crippen molar-refractivity contribution in [2.24, 2.45) is 5.41 Å². The van der Waals surface area contributed by atoms with Crippen molar-refractivity contribution >= 4 is 0 Å². The summed E-state index contributed by atoms with van der Waals surface area (Å²) < 4.78 is 0. The number of rotatable bonds is 3. The van der Waals surface area contributed by atoms with Gasteiger partial charge in [-0.2, -0.15) is 0 Å². The molecule has 0 aromatic rings. The highest BCUT2D eigenvalue weighted by atomic mass is 14.4. The standard InChI is InChI=1S/C17H22.C2H6/c1-7-11-13-14(12-8-2)16(10-4)17(5,6)15(13)9-3;1-2/h7-12H,1,4H2,2-3,5-6H3;1-2H3/b12-8-,13-11-,15-9+;. The van der Waals surface area contributed by atoms with Gasteiger partial charge in [0, 0.05) is 5.41 Å². The van der Waals surface area contributed by atoms with Crippen LogP contribution in [0.25, 0.3) is 0 Å². The molecule has 0 N–H and O–H groups in total. The van der Waals surface area contributed by atoms with Crippen molar-refractivity contribution in [3.05, 3.63) is 71.9 Å². The molecule has 0 unspecified atom stereocenters. The molecule has 0 atom stereocenters. The summed E-state index contributed by atoms with van der Waals surface area (Å²) in [5, 5.41) is 0. The van der Waals surface area contributed by atoms with Crippen molar-refractivity contribution in [3.8, 4) is 0 Å². The molecule has 0 heteroatoms. The molecule has 1 aliphatic rings. The predicted molar refractivity (Wildman–Crippen MR) is 89.2 cm³/mol. The normalized spacial score (nSPS) is 21.8. The lowest BCUT2D eigenvalue weighted by atomic mass is 9.80. The van der Waals surface area contributed by atoms with Gasteiger partial charge in [0.15, 0.2) is 0 Å². The molecule has 0 saturated heterocycles. The van der Waals surface area contributed by atoms with Gasteiger partial charge >= 0.3 is 0 Å².